The Bertz CT molecular complexity index is 2110. The highest BCUT2D eigenvalue weighted by molar-refractivity contribution is 9.10. The van der Waals surface area contributed by atoms with Crippen molar-refractivity contribution in [2.75, 3.05) is 0 Å². The zero-order valence-electron chi connectivity index (χ0n) is 20.5. The minimum Gasteiger partial charge on any atom is -0.268 e. The van der Waals surface area contributed by atoms with E-state index in [2.05, 4.69) is 44.0 Å². The number of para-hydroxylation sites is 1. The van der Waals surface area contributed by atoms with Gasteiger partial charge >= 0.3 is 0 Å². The van der Waals surface area contributed by atoms with E-state index >= 15 is 0 Å². The molecule has 9 heteroatoms. The molecule has 0 saturated heterocycles. The summed E-state index contributed by atoms with van der Waals surface area (Å²) in [6.45, 7) is 7.64. The Hall–Kier alpha value is -5.02. The highest BCUT2D eigenvalue weighted by Gasteiger charge is 2.21. The molecule has 0 bridgehead atoms. The molecule has 3 aromatic carbocycles. The first-order valence-corrected chi connectivity index (χ1v) is 12.7. The van der Waals surface area contributed by atoms with E-state index in [-0.39, 0.29) is 23.1 Å². The van der Waals surface area contributed by atoms with Crippen molar-refractivity contribution in [3.8, 4) is 17.3 Å². The third-order valence-electron chi connectivity index (χ3n) is 6.22. The molecule has 39 heavy (non-hydrogen) atoms. The molecule has 8 nitrogen and oxygen atoms in total. The van der Waals surface area contributed by atoms with Gasteiger partial charge in [-0.3, -0.25) is 9.59 Å². The molecule has 0 N–H and O–H groups in total. The number of hydrogen-bond donors (Lipinski definition) is 0. The van der Waals surface area contributed by atoms with Crippen molar-refractivity contribution in [1.29, 1.82) is 0 Å². The molecule has 3 aromatic heterocycles. The van der Waals surface area contributed by atoms with Crippen LogP contribution in [0.25, 0.3) is 50.5 Å². The summed E-state index contributed by atoms with van der Waals surface area (Å²) in [5.74, 6) is 0.732. The van der Waals surface area contributed by atoms with Gasteiger partial charge in [-0.25, -0.2) is 18.9 Å². The van der Waals surface area contributed by atoms with E-state index in [9.17, 15) is 9.59 Å². The fourth-order valence-electron chi connectivity index (χ4n) is 4.43. The molecule has 3 heterocycles. The van der Waals surface area contributed by atoms with E-state index in [1.807, 2.05) is 30.3 Å². The van der Waals surface area contributed by atoms with Crippen LogP contribution in [0.1, 0.15) is 5.82 Å². The van der Waals surface area contributed by atoms with Gasteiger partial charge in [-0.15, -0.1) is 0 Å². The molecule has 0 saturated carbocycles. The van der Waals surface area contributed by atoms with Crippen LogP contribution < -0.4 is 11.1 Å². The molecule has 0 aliphatic rings. The third-order valence-corrected chi connectivity index (χ3v) is 6.72. The van der Waals surface area contributed by atoms with E-state index in [4.69, 9.17) is 4.98 Å². The molecule has 0 aliphatic carbocycles. The SMILES string of the molecule is C=C/C=C(\C=C)c1nc(-c2ccccc2)nc(-n2c(=O)c3cc(Br)ccc3n3c(=O)c4ccccc4nc23)n1. The molecule has 0 radical (unpaired) electrons. The Morgan fingerprint density at radius 2 is 1.59 bits per heavy atom. The maximum absolute atomic E-state index is 14.1. The fourth-order valence-corrected chi connectivity index (χ4v) is 4.79. The van der Waals surface area contributed by atoms with Crippen LogP contribution in [0, 0.1) is 0 Å². The summed E-state index contributed by atoms with van der Waals surface area (Å²) < 4.78 is 3.36. The summed E-state index contributed by atoms with van der Waals surface area (Å²) in [7, 11) is 0. The van der Waals surface area contributed by atoms with Gasteiger partial charge in [-0.1, -0.05) is 89.8 Å². The van der Waals surface area contributed by atoms with Crippen molar-refractivity contribution < 1.29 is 0 Å². The summed E-state index contributed by atoms with van der Waals surface area (Å²) in [4.78, 5) is 46.6. The molecule has 0 atom stereocenters. The normalized spacial score (nSPS) is 11.8. The van der Waals surface area contributed by atoms with Gasteiger partial charge in [0.1, 0.15) is 0 Å². The summed E-state index contributed by atoms with van der Waals surface area (Å²) in [6.07, 6.45) is 4.92. The van der Waals surface area contributed by atoms with E-state index in [0.29, 0.717) is 37.7 Å². The van der Waals surface area contributed by atoms with Crippen LogP contribution in [-0.4, -0.2) is 28.9 Å². The molecule has 0 fully saturated rings. The number of rotatable bonds is 5. The van der Waals surface area contributed by atoms with Gasteiger partial charge in [0.25, 0.3) is 11.1 Å². The molecule has 6 aromatic rings. The van der Waals surface area contributed by atoms with Crippen molar-refractivity contribution in [3.05, 3.63) is 135 Å². The smallest absolute Gasteiger partial charge is 0.268 e. The van der Waals surface area contributed by atoms with Crippen molar-refractivity contribution in [2.24, 2.45) is 0 Å². The number of allylic oxidation sites excluding steroid dienone is 4. The molecular weight excluding hydrogens is 556 g/mol. The number of nitrogens with zero attached hydrogens (tertiary/aromatic N) is 6. The fraction of sp³-hybridized carbons (Fsp3) is 0. The van der Waals surface area contributed by atoms with Gasteiger partial charge in [0.2, 0.25) is 11.7 Å². The maximum atomic E-state index is 14.1. The lowest BCUT2D eigenvalue weighted by Crippen LogP contribution is -2.29. The second-order valence-corrected chi connectivity index (χ2v) is 9.50. The van der Waals surface area contributed by atoms with Crippen LogP contribution in [0.3, 0.4) is 0 Å². The van der Waals surface area contributed by atoms with Crippen molar-refractivity contribution in [1.82, 2.24) is 28.9 Å². The molecule has 0 spiro atoms. The summed E-state index contributed by atoms with van der Waals surface area (Å²) in [6, 6.07) is 21.5. The van der Waals surface area contributed by atoms with Gasteiger partial charge < -0.3 is 0 Å². The lowest BCUT2D eigenvalue weighted by molar-refractivity contribution is 0.850. The van der Waals surface area contributed by atoms with Gasteiger partial charge in [0.15, 0.2) is 11.6 Å². The highest BCUT2D eigenvalue weighted by Crippen LogP contribution is 2.23. The third kappa shape index (κ3) is 4.09. The summed E-state index contributed by atoms with van der Waals surface area (Å²) in [5.41, 5.74) is 1.44. The minimum atomic E-state index is -0.433. The number of benzene rings is 3. The summed E-state index contributed by atoms with van der Waals surface area (Å²) >= 11 is 3.45. The van der Waals surface area contributed by atoms with Crippen LogP contribution in [0.5, 0.6) is 0 Å². The molecule has 0 aliphatic heterocycles. The topological polar surface area (TPSA) is 95.0 Å². The van der Waals surface area contributed by atoms with Crippen LogP contribution >= 0.6 is 15.9 Å². The highest BCUT2D eigenvalue weighted by atomic mass is 79.9. The average Bonchev–Trinajstić information content (AvgIpc) is 2.96. The quantitative estimate of drug-likeness (QED) is 0.153. The number of aromatic nitrogens is 6. The minimum absolute atomic E-state index is 0.0159. The Kier molecular flexibility index (Phi) is 6.05. The molecule has 188 valence electrons. The Labute approximate surface area is 230 Å². The van der Waals surface area contributed by atoms with Crippen LogP contribution in [0.2, 0.25) is 0 Å². The zero-order valence-corrected chi connectivity index (χ0v) is 22.0. The predicted molar refractivity (Wildman–Crippen MR) is 157 cm³/mol. The molecule has 0 amide bonds. The van der Waals surface area contributed by atoms with E-state index in [1.165, 1.54) is 8.97 Å². The Balaban J connectivity index is 1.82. The average molecular weight is 575 g/mol. The number of hydrogen-bond acceptors (Lipinski definition) is 6. The van der Waals surface area contributed by atoms with Gasteiger partial charge in [-0.2, -0.15) is 9.97 Å². The second kappa shape index (κ2) is 9.70. The van der Waals surface area contributed by atoms with Crippen LogP contribution in [0.15, 0.2) is 118 Å². The van der Waals surface area contributed by atoms with Crippen LogP contribution in [-0.2, 0) is 0 Å². The maximum Gasteiger partial charge on any atom is 0.269 e. The first-order chi connectivity index (χ1) is 19.0. The Morgan fingerprint density at radius 3 is 2.36 bits per heavy atom. The lowest BCUT2D eigenvalue weighted by atomic mass is 10.2. The number of fused-ring (bicyclic) bond motifs is 4. The predicted octanol–water partition coefficient (Wildman–Crippen LogP) is 5.52. The molecule has 0 unspecified atom stereocenters. The first kappa shape index (κ1) is 24.3. The van der Waals surface area contributed by atoms with E-state index in [0.717, 1.165) is 5.56 Å². The molecular formula is C30H19BrN6O2. The number of halogens is 1. The van der Waals surface area contributed by atoms with Crippen LogP contribution in [0.4, 0.5) is 0 Å². The molecule has 6 rings (SSSR count). The van der Waals surface area contributed by atoms with Gasteiger partial charge in [0, 0.05) is 15.6 Å². The standard InChI is InChI=1S/C30H19BrN6O2/c1-3-10-18(4-2)25-33-26(19-11-6-5-7-12-19)35-29(34-25)37-28(39)22-17-20(31)15-16-24(22)36-27(38)21-13-8-9-14-23(21)32-30(36)37/h3-17H,1-2H2/b18-10+. The zero-order chi connectivity index (χ0) is 27.1. The lowest BCUT2D eigenvalue weighted by Gasteiger charge is -2.14. The summed E-state index contributed by atoms with van der Waals surface area (Å²) in [5, 5.41) is 0.721. The first-order valence-electron chi connectivity index (χ1n) is 11.9. The van der Waals surface area contributed by atoms with E-state index in [1.54, 1.807) is 60.7 Å². The van der Waals surface area contributed by atoms with E-state index < -0.39 is 5.56 Å². The second-order valence-electron chi connectivity index (χ2n) is 8.58. The monoisotopic (exact) mass is 574 g/mol. The van der Waals surface area contributed by atoms with Crippen molar-refractivity contribution >= 4 is 49.1 Å². The van der Waals surface area contributed by atoms with Crippen molar-refractivity contribution in [2.45, 2.75) is 0 Å². The van der Waals surface area contributed by atoms with Gasteiger partial charge in [-0.05, 0) is 30.3 Å². The van der Waals surface area contributed by atoms with Gasteiger partial charge in [0.05, 0.1) is 21.8 Å². The Morgan fingerprint density at radius 1 is 0.821 bits per heavy atom. The van der Waals surface area contributed by atoms with Crippen molar-refractivity contribution in [3.63, 3.8) is 0 Å². The largest absolute Gasteiger partial charge is 0.269 e.